The van der Waals surface area contributed by atoms with Crippen LogP contribution < -0.4 is 4.72 Å². The maximum absolute atomic E-state index is 13.2. The number of nitrogens with one attached hydrogen (secondary N) is 1. The van der Waals surface area contributed by atoms with E-state index in [1.807, 2.05) is 0 Å². The van der Waals surface area contributed by atoms with Crippen LogP contribution in [0.5, 0.6) is 0 Å². The van der Waals surface area contributed by atoms with E-state index >= 15 is 0 Å². The number of benzene rings is 2. The molecular weight excluding hydrogens is 393 g/mol. The highest BCUT2D eigenvalue weighted by Crippen LogP contribution is 2.24. The highest BCUT2D eigenvalue weighted by atomic mass is 35.5. The predicted molar refractivity (Wildman–Crippen MR) is 102 cm³/mol. The Kier molecular flexibility index (Phi) is 7.77. The molecule has 0 aliphatic carbocycles. The Hall–Kier alpha value is -1.96. The summed E-state index contributed by atoms with van der Waals surface area (Å²) >= 11 is 5.81. The van der Waals surface area contributed by atoms with Gasteiger partial charge in [0.25, 0.3) is 0 Å². The van der Waals surface area contributed by atoms with Crippen LogP contribution in [0.2, 0.25) is 5.02 Å². The second-order valence-electron chi connectivity index (χ2n) is 6.17. The monoisotopic (exact) mass is 413 g/mol. The first-order chi connectivity index (χ1) is 12.8. The highest BCUT2D eigenvalue weighted by molar-refractivity contribution is 7.89. The van der Waals surface area contributed by atoms with Gasteiger partial charge in [-0.25, -0.2) is 17.5 Å². The molecule has 146 valence electrons. The lowest BCUT2D eigenvalue weighted by Gasteiger charge is -2.19. The molecule has 0 heterocycles. The Morgan fingerprint density at radius 3 is 2.26 bits per heavy atom. The van der Waals surface area contributed by atoms with Gasteiger partial charge in [0.05, 0.1) is 4.90 Å². The average Bonchev–Trinajstić information content (AvgIpc) is 2.61. The third-order valence-corrected chi connectivity index (χ3v) is 5.82. The van der Waals surface area contributed by atoms with E-state index in [9.17, 15) is 17.6 Å². The molecule has 0 radical (unpaired) electrons. The van der Waals surface area contributed by atoms with Gasteiger partial charge in [0.15, 0.2) is 0 Å². The summed E-state index contributed by atoms with van der Waals surface area (Å²) in [7, 11) is -3.79. The van der Waals surface area contributed by atoms with Crippen molar-refractivity contribution in [3.8, 4) is 0 Å². The van der Waals surface area contributed by atoms with Gasteiger partial charge >= 0.3 is 5.97 Å². The molecule has 8 heteroatoms. The minimum Gasteiger partial charge on any atom is -0.481 e. The average molecular weight is 414 g/mol. The first-order valence-corrected chi connectivity index (χ1v) is 10.4. The van der Waals surface area contributed by atoms with Crippen LogP contribution in [-0.4, -0.2) is 19.5 Å². The second kappa shape index (κ2) is 9.82. The molecular formula is C19H21ClFNO4S. The van der Waals surface area contributed by atoms with Crippen molar-refractivity contribution in [3.63, 3.8) is 0 Å². The van der Waals surface area contributed by atoms with Gasteiger partial charge in [-0.05, 0) is 54.8 Å². The van der Waals surface area contributed by atoms with E-state index in [0.717, 1.165) is 0 Å². The number of carboxylic acids is 1. The number of hydrogen-bond acceptors (Lipinski definition) is 3. The van der Waals surface area contributed by atoms with Gasteiger partial charge in [-0.2, -0.15) is 0 Å². The molecule has 0 amide bonds. The third kappa shape index (κ3) is 6.93. The van der Waals surface area contributed by atoms with Gasteiger partial charge in [-0.15, -0.1) is 0 Å². The molecule has 0 bridgehead atoms. The Balaban J connectivity index is 2.12. The fraction of sp³-hybridized carbons (Fsp3) is 0.316. The van der Waals surface area contributed by atoms with Gasteiger partial charge in [-0.3, -0.25) is 4.79 Å². The number of carboxylic acid groups (broad SMARTS) is 1. The number of unbranched alkanes of at least 4 members (excludes halogenated alkanes) is 2. The number of halogens is 2. The topological polar surface area (TPSA) is 83.5 Å². The zero-order chi connectivity index (χ0) is 19.9. The summed E-state index contributed by atoms with van der Waals surface area (Å²) in [4.78, 5) is 10.7. The standard InChI is InChI=1S/C19H21ClFNO4S/c20-15-8-12-17(13-9-15)27(25,26)22-18(4-2-1-3-5-19(23)24)14-6-10-16(21)11-7-14/h6-13,18,22H,1-5H2,(H,23,24). The molecule has 5 nitrogen and oxygen atoms in total. The molecule has 1 atom stereocenters. The fourth-order valence-corrected chi connectivity index (χ4v) is 4.04. The summed E-state index contributed by atoms with van der Waals surface area (Å²) < 4.78 is 41.2. The van der Waals surface area contributed by atoms with Crippen LogP contribution in [0.3, 0.4) is 0 Å². The quantitative estimate of drug-likeness (QED) is 0.560. The molecule has 1 unspecified atom stereocenters. The number of carbonyl (C=O) groups is 1. The van der Waals surface area contributed by atoms with Gasteiger partial charge in [0, 0.05) is 17.5 Å². The molecule has 2 rings (SSSR count). The fourth-order valence-electron chi connectivity index (χ4n) is 2.66. The molecule has 2 aromatic carbocycles. The summed E-state index contributed by atoms with van der Waals surface area (Å²) in [5.74, 6) is -1.26. The second-order valence-corrected chi connectivity index (χ2v) is 8.32. The minimum atomic E-state index is -3.79. The molecule has 0 saturated carbocycles. The van der Waals surface area contributed by atoms with E-state index in [1.165, 1.54) is 36.4 Å². The zero-order valence-electron chi connectivity index (χ0n) is 14.6. The van der Waals surface area contributed by atoms with Crippen LogP contribution in [-0.2, 0) is 14.8 Å². The van der Waals surface area contributed by atoms with Crippen molar-refractivity contribution in [2.24, 2.45) is 0 Å². The summed E-state index contributed by atoms with van der Waals surface area (Å²) in [5, 5.41) is 9.12. The van der Waals surface area contributed by atoms with Crippen molar-refractivity contribution in [1.82, 2.24) is 4.72 Å². The molecule has 0 aliphatic heterocycles. The zero-order valence-corrected chi connectivity index (χ0v) is 16.1. The Labute approximate surface area is 163 Å². The van der Waals surface area contributed by atoms with Crippen LogP contribution >= 0.6 is 11.6 Å². The number of rotatable bonds is 10. The largest absolute Gasteiger partial charge is 0.481 e. The Morgan fingerprint density at radius 1 is 1.04 bits per heavy atom. The smallest absolute Gasteiger partial charge is 0.303 e. The van der Waals surface area contributed by atoms with Crippen molar-refractivity contribution < 1.29 is 22.7 Å². The lowest BCUT2D eigenvalue weighted by molar-refractivity contribution is -0.137. The van der Waals surface area contributed by atoms with E-state index in [4.69, 9.17) is 16.7 Å². The molecule has 27 heavy (non-hydrogen) atoms. The number of aliphatic carboxylic acids is 1. The molecule has 2 aromatic rings. The number of sulfonamides is 1. The minimum absolute atomic E-state index is 0.0811. The van der Waals surface area contributed by atoms with E-state index in [0.29, 0.717) is 36.3 Å². The van der Waals surface area contributed by atoms with E-state index < -0.39 is 27.9 Å². The first-order valence-electron chi connectivity index (χ1n) is 8.53. The van der Waals surface area contributed by atoms with Crippen molar-refractivity contribution in [2.75, 3.05) is 0 Å². The van der Waals surface area contributed by atoms with Crippen molar-refractivity contribution in [1.29, 1.82) is 0 Å². The van der Waals surface area contributed by atoms with Gasteiger partial charge in [0.2, 0.25) is 10.0 Å². The maximum Gasteiger partial charge on any atom is 0.303 e. The van der Waals surface area contributed by atoms with Crippen molar-refractivity contribution in [3.05, 3.63) is 64.9 Å². The molecule has 0 fully saturated rings. The van der Waals surface area contributed by atoms with Gasteiger partial charge < -0.3 is 5.11 Å². The predicted octanol–water partition coefficient (Wildman–Crippen LogP) is 4.53. The summed E-state index contributed by atoms with van der Waals surface area (Å²) in [6.45, 7) is 0. The van der Waals surface area contributed by atoms with E-state index in [1.54, 1.807) is 12.1 Å². The lowest BCUT2D eigenvalue weighted by atomic mass is 10.0. The Morgan fingerprint density at radius 2 is 1.67 bits per heavy atom. The maximum atomic E-state index is 13.2. The van der Waals surface area contributed by atoms with Crippen LogP contribution in [0.4, 0.5) is 4.39 Å². The lowest BCUT2D eigenvalue weighted by Crippen LogP contribution is -2.28. The van der Waals surface area contributed by atoms with Crippen LogP contribution in [0.15, 0.2) is 53.4 Å². The highest BCUT2D eigenvalue weighted by Gasteiger charge is 2.21. The molecule has 0 saturated heterocycles. The normalized spacial score (nSPS) is 12.7. The van der Waals surface area contributed by atoms with Crippen molar-refractivity contribution in [2.45, 2.75) is 43.0 Å². The van der Waals surface area contributed by atoms with E-state index in [2.05, 4.69) is 4.72 Å². The van der Waals surface area contributed by atoms with Gasteiger partial charge in [0.1, 0.15) is 5.82 Å². The summed E-state index contributed by atoms with van der Waals surface area (Å²) in [5.41, 5.74) is 0.646. The SMILES string of the molecule is O=C(O)CCCCCC(NS(=O)(=O)c1ccc(Cl)cc1)c1ccc(F)cc1. The van der Waals surface area contributed by atoms with Gasteiger partial charge in [-0.1, -0.05) is 36.6 Å². The summed E-state index contributed by atoms with van der Waals surface area (Å²) in [6, 6.07) is 10.9. The Bertz CT molecular complexity index is 854. The first kappa shape index (κ1) is 21.3. The number of hydrogen-bond donors (Lipinski definition) is 2. The van der Waals surface area contributed by atoms with Crippen molar-refractivity contribution >= 4 is 27.6 Å². The van der Waals surface area contributed by atoms with Crippen LogP contribution in [0, 0.1) is 5.82 Å². The molecule has 0 aromatic heterocycles. The third-order valence-electron chi connectivity index (χ3n) is 4.08. The van der Waals surface area contributed by atoms with Crippen LogP contribution in [0.1, 0.15) is 43.7 Å². The molecule has 0 aliphatic rings. The molecule has 0 spiro atoms. The molecule has 2 N–H and O–H groups in total. The van der Waals surface area contributed by atoms with E-state index in [-0.39, 0.29) is 11.3 Å². The van der Waals surface area contributed by atoms with Crippen LogP contribution in [0.25, 0.3) is 0 Å². The summed E-state index contributed by atoms with van der Waals surface area (Å²) in [6.07, 6.45) is 2.37.